The molecule has 2 nitrogen and oxygen atoms in total. The molecule has 0 saturated heterocycles. The van der Waals surface area contributed by atoms with Gasteiger partial charge in [0.2, 0.25) is 0 Å². The first-order chi connectivity index (χ1) is 9.93. The monoisotopic (exact) mass is 309 g/mol. The largest absolute Gasteiger partial charge is 0.292 e. The van der Waals surface area contributed by atoms with Gasteiger partial charge in [-0.1, -0.05) is 17.7 Å². The number of ketones is 1. The minimum absolute atomic E-state index is 0.0309. The highest BCUT2D eigenvalue weighted by atomic mass is 35.5. The van der Waals surface area contributed by atoms with Gasteiger partial charge in [-0.05, 0) is 24.3 Å². The second-order valence-electron chi connectivity index (χ2n) is 4.22. The molecule has 2 aromatic carbocycles. The standard InChI is InChI=1S/C15H7ClF3NO/c16-12-5-8(1-4-13(12)18)15(21)11(7-20)10-3-2-9(17)6-14(10)19/h1-6,11H. The molecule has 0 saturated carbocycles. The topological polar surface area (TPSA) is 40.9 Å². The summed E-state index contributed by atoms with van der Waals surface area (Å²) in [5, 5.41) is 8.81. The molecule has 0 heterocycles. The number of nitriles is 1. The third kappa shape index (κ3) is 3.06. The van der Waals surface area contributed by atoms with Crippen molar-refractivity contribution in [2.45, 2.75) is 5.92 Å². The van der Waals surface area contributed by atoms with Gasteiger partial charge in [-0.25, -0.2) is 13.2 Å². The highest BCUT2D eigenvalue weighted by molar-refractivity contribution is 6.31. The number of carbonyl (C=O) groups is 1. The zero-order valence-corrected chi connectivity index (χ0v) is 11.2. The van der Waals surface area contributed by atoms with Crippen molar-refractivity contribution >= 4 is 17.4 Å². The molecule has 0 radical (unpaired) electrons. The second kappa shape index (κ2) is 5.98. The molecule has 6 heteroatoms. The van der Waals surface area contributed by atoms with E-state index in [-0.39, 0.29) is 16.1 Å². The van der Waals surface area contributed by atoms with Crippen LogP contribution in [0.3, 0.4) is 0 Å². The predicted molar refractivity (Wildman–Crippen MR) is 70.5 cm³/mol. The first-order valence-electron chi connectivity index (χ1n) is 5.78. The van der Waals surface area contributed by atoms with Crippen molar-refractivity contribution in [3.05, 3.63) is 70.0 Å². The molecule has 0 aliphatic carbocycles. The van der Waals surface area contributed by atoms with Crippen molar-refractivity contribution in [3.8, 4) is 6.07 Å². The van der Waals surface area contributed by atoms with Crippen LogP contribution in [-0.2, 0) is 0 Å². The fourth-order valence-electron chi connectivity index (χ4n) is 1.82. The Morgan fingerprint density at radius 3 is 2.38 bits per heavy atom. The molecule has 0 aliphatic heterocycles. The minimum atomic E-state index is -1.47. The van der Waals surface area contributed by atoms with E-state index in [2.05, 4.69) is 0 Å². The van der Waals surface area contributed by atoms with Gasteiger partial charge >= 0.3 is 0 Å². The molecule has 2 rings (SSSR count). The van der Waals surface area contributed by atoms with Crippen molar-refractivity contribution in [1.82, 2.24) is 0 Å². The zero-order chi connectivity index (χ0) is 15.6. The number of halogens is 4. The molecule has 2 aromatic rings. The normalized spacial score (nSPS) is 11.8. The van der Waals surface area contributed by atoms with Gasteiger partial charge in [-0.2, -0.15) is 5.26 Å². The predicted octanol–water partition coefficient (Wildman–Crippen LogP) is 4.25. The van der Waals surface area contributed by atoms with Crippen molar-refractivity contribution in [2.75, 3.05) is 0 Å². The van der Waals surface area contributed by atoms with E-state index in [1.54, 1.807) is 6.07 Å². The van der Waals surface area contributed by atoms with E-state index in [4.69, 9.17) is 16.9 Å². The molecular weight excluding hydrogens is 303 g/mol. The number of rotatable bonds is 3. The summed E-state index contributed by atoms with van der Waals surface area (Å²) in [7, 11) is 0. The van der Waals surface area contributed by atoms with Crippen molar-refractivity contribution in [3.63, 3.8) is 0 Å². The van der Waals surface area contributed by atoms with E-state index in [0.29, 0.717) is 6.07 Å². The van der Waals surface area contributed by atoms with Gasteiger partial charge in [-0.15, -0.1) is 0 Å². The van der Waals surface area contributed by atoms with E-state index in [9.17, 15) is 18.0 Å². The van der Waals surface area contributed by atoms with Crippen LogP contribution in [0, 0.1) is 28.8 Å². The van der Waals surface area contributed by atoms with Crippen LogP contribution in [0.15, 0.2) is 36.4 Å². The molecule has 0 N–H and O–H groups in total. The van der Waals surface area contributed by atoms with Crippen LogP contribution in [0.4, 0.5) is 13.2 Å². The van der Waals surface area contributed by atoms with Gasteiger partial charge in [0.15, 0.2) is 5.78 Å². The summed E-state index contributed by atoms with van der Waals surface area (Å²) in [6, 6.07) is 7.42. The summed E-state index contributed by atoms with van der Waals surface area (Å²) in [5.41, 5.74) is -0.277. The molecule has 0 aliphatic rings. The Hall–Kier alpha value is -2.32. The molecule has 21 heavy (non-hydrogen) atoms. The van der Waals surface area contributed by atoms with Gasteiger partial charge < -0.3 is 0 Å². The molecule has 106 valence electrons. The summed E-state index contributed by atoms with van der Waals surface area (Å²) in [6.07, 6.45) is 0. The summed E-state index contributed by atoms with van der Waals surface area (Å²) in [6.45, 7) is 0. The number of hydrogen-bond acceptors (Lipinski definition) is 2. The van der Waals surface area contributed by atoms with E-state index < -0.39 is 29.2 Å². The van der Waals surface area contributed by atoms with Crippen LogP contribution in [0.1, 0.15) is 21.8 Å². The Labute approximate surface area is 123 Å². The molecule has 0 spiro atoms. The average Bonchev–Trinajstić information content (AvgIpc) is 2.44. The molecule has 0 bridgehead atoms. The SMILES string of the molecule is N#CC(C(=O)c1ccc(F)c(Cl)c1)c1ccc(F)cc1F. The Balaban J connectivity index is 2.43. The number of benzene rings is 2. The van der Waals surface area contributed by atoms with Crippen molar-refractivity contribution in [1.29, 1.82) is 5.26 Å². The van der Waals surface area contributed by atoms with Crippen LogP contribution in [0.5, 0.6) is 0 Å². The maximum atomic E-state index is 13.7. The van der Waals surface area contributed by atoms with Crippen LogP contribution in [0.25, 0.3) is 0 Å². The lowest BCUT2D eigenvalue weighted by Gasteiger charge is -2.10. The molecule has 0 aromatic heterocycles. The first-order valence-corrected chi connectivity index (χ1v) is 6.15. The van der Waals surface area contributed by atoms with Crippen LogP contribution >= 0.6 is 11.6 Å². The zero-order valence-electron chi connectivity index (χ0n) is 10.4. The quantitative estimate of drug-likeness (QED) is 0.795. The lowest BCUT2D eigenvalue weighted by molar-refractivity contribution is 0.0977. The molecule has 1 atom stereocenters. The summed E-state index contributed by atoms with van der Waals surface area (Å²) < 4.78 is 39.6. The second-order valence-corrected chi connectivity index (χ2v) is 4.63. The minimum Gasteiger partial charge on any atom is -0.292 e. The smallest absolute Gasteiger partial charge is 0.184 e. The van der Waals surface area contributed by atoms with Gasteiger partial charge in [0, 0.05) is 17.2 Å². The maximum Gasteiger partial charge on any atom is 0.184 e. The van der Waals surface area contributed by atoms with E-state index in [0.717, 1.165) is 30.3 Å². The number of carbonyl (C=O) groups excluding carboxylic acids is 1. The number of hydrogen-bond donors (Lipinski definition) is 0. The third-order valence-corrected chi connectivity index (χ3v) is 3.16. The summed E-state index contributed by atoms with van der Waals surface area (Å²) in [4.78, 5) is 12.2. The Bertz CT molecular complexity index is 755. The lowest BCUT2D eigenvalue weighted by Crippen LogP contribution is -2.13. The van der Waals surface area contributed by atoms with Crippen LogP contribution in [-0.4, -0.2) is 5.78 Å². The maximum absolute atomic E-state index is 13.7. The Morgan fingerprint density at radius 1 is 1.10 bits per heavy atom. The molecule has 1 unspecified atom stereocenters. The van der Waals surface area contributed by atoms with Gasteiger partial charge in [0.25, 0.3) is 0 Å². The molecule has 0 fully saturated rings. The van der Waals surface area contributed by atoms with Gasteiger partial charge in [-0.3, -0.25) is 4.79 Å². The third-order valence-electron chi connectivity index (χ3n) is 2.87. The average molecular weight is 310 g/mol. The number of nitrogens with zero attached hydrogens (tertiary/aromatic N) is 1. The van der Waals surface area contributed by atoms with Crippen molar-refractivity contribution in [2.24, 2.45) is 0 Å². The van der Waals surface area contributed by atoms with Gasteiger partial charge in [0.05, 0.1) is 11.1 Å². The highest BCUT2D eigenvalue weighted by Gasteiger charge is 2.25. The van der Waals surface area contributed by atoms with Crippen LogP contribution < -0.4 is 0 Å². The molecule has 0 amide bonds. The summed E-state index contributed by atoms with van der Waals surface area (Å²) in [5.74, 6) is -4.74. The Kier molecular flexibility index (Phi) is 4.29. The van der Waals surface area contributed by atoms with E-state index >= 15 is 0 Å². The first kappa shape index (κ1) is 15.1. The number of Topliss-reactive ketones (excluding diaryl/α,β-unsaturated/α-hetero) is 1. The fourth-order valence-corrected chi connectivity index (χ4v) is 2.00. The fraction of sp³-hybridized carbons (Fsp3) is 0.0667. The van der Waals surface area contributed by atoms with E-state index in [1.165, 1.54) is 0 Å². The Morgan fingerprint density at radius 2 is 1.81 bits per heavy atom. The molecular formula is C15H7ClF3NO. The van der Waals surface area contributed by atoms with Crippen LogP contribution in [0.2, 0.25) is 5.02 Å². The van der Waals surface area contributed by atoms with Gasteiger partial charge in [0.1, 0.15) is 23.4 Å². The summed E-state index contributed by atoms with van der Waals surface area (Å²) >= 11 is 5.57. The lowest BCUT2D eigenvalue weighted by atomic mass is 9.91. The highest BCUT2D eigenvalue weighted by Crippen LogP contribution is 2.25. The van der Waals surface area contributed by atoms with Crippen molar-refractivity contribution < 1.29 is 18.0 Å². The van der Waals surface area contributed by atoms with E-state index in [1.807, 2.05) is 0 Å².